The third-order valence-electron chi connectivity index (χ3n) is 2.64. The Labute approximate surface area is 97.7 Å². The molecule has 2 rings (SSSR count). The van der Waals surface area contributed by atoms with Gasteiger partial charge in [-0.1, -0.05) is 0 Å². The number of hydrogen-bond acceptors (Lipinski definition) is 4. The van der Waals surface area contributed by atoms with Crippen molar-refractivity contribution in [3.8, 4) is 11.4 Å². The largest absolute Gasteiger partial charge is 0.480 e. The molecule has 0 aliphatic carbocycles. The van der Waals surface area contributed by atoms with Crippen LogP contribution in [0, 0.1) is 0 Å². The van der Waals surface area contributed by atoms with E-state index in [4.69, 9.17) is 0 Å². The van der Waals surface area contributed by atoms with Crippen molar-refractivity contribution in [2.45, 2.75) is 19.4 Å². The maximum Gasteiger partial charge on any atom is 0.329 e. The lowest BCUT2D eigenvalue weighted by molar-refractivity contribution is -0.145. The fourth-order valence-electron chi connectivity index (χ4n) is 1.48. The van der Waals surface area contributed by atoms with Gasteiger partial charge in [-0.15, -0.1) is 10.2 Å². The first-order chi connectivity index (χ1) is 7.93. The Morgan fingerprint density at radius 3 is 2.71 bits per heavy atom. The van der Waals surface area contributed by atoms with Gasteiger partial charge in [-0.05, 0) is 13.8 Å². The van der Waals surface area contributed by atoms with Crippen molar-refractivity contribution in [3.05, 3.63) is 18.7 Å². The molecule has 0 radical (unpaired) electrons. The van der Waals surface area contributed by atoms with Gasteiger partial charge >= 0.3 is 5.97 Å². The lowest BCUT2D eigenvalue weighted by Crippen LogP contribution is -2.35. The van der Waals surface area contributed by atoms with Crippen molar-refractivity contribution in [3.63, 3.8) is 0 Å². The summed E-state index contributed by atoms with van der Waals surface area (Å²) < 4.78 is 3.15. The fraction of sp³-hybridized carbons (Fsp3) is 0.400. The molecule has 2 heterocycles. The van der Waals surface area contributed by atoms with E-state index in [9.17, 15) is 9.90 Å². The number of hydrogen-bond donors (Lipinski definition) is 1. The highest BCUT2D eigenvalue weighted by atomic mass is 16.4. The summed E-state index contributed by atoms with van der Waals surface area (Å²) in [5.74, 6) is -0.451. The van der Waals surface area contributed by atoms with Crippen LogP contribution in [0.4, 0.5) is 0 Å². The molecule has 2 aromatic rings. The van der Waals surface area contributed by atoms with E-state index < -0.39 is 11.5 Å². The van der Waals surface area contributed by atoms with E-state index in [0.717, 1.165) is 5.56 Å². The molecular formula is C10H13N5O2. The maximum absolute atomic E-state index is 11.2. The summed E-state index contributed by atoms with van der Waals surface area (Å²) in [6.07, 6.45) is 4.80. The molecule has 17 heavy (non-hydrogen) atoms. The lowest BCUT2D eigenvalue weighted by atomic mass is 10.1. The van der Waals surface area contributed by atoms with E-state index in [-0.39, 0.29) is 0 Å². The average Bonchev–Trinajstić information content (AvgIpc) is 2.84. The average molecular weight is 235 g/mol. The third-order valence-corrected chi connectivity index (χ3v) is 2.64. The smallest absolute Gasteiger partial charge is 0.329 e. The second-order valence-electron chi connectivity index (χ2n) is 4.29. The van der Waals surface area contributed by atoms with Gasteiger partial charge in [0.1, 0.15) is 11.9 Å². The van der Waals surface area contributed by atoms with Crippen molar-refractivity contribution >= 4 is 5.97 Å². The van der Waals surface area contributed by atoms with Gasteiger partial charge in [0.15, 0.2) is 5.82 Å². The zero-order valence-corrected chi connectivity index (χ0v) is 9.82. The Morgan fingerprint density at radius 2 is 2.18 bits per heavy atom. The molecule has 0 spiro atoms. The highest BCUT2D eigenvalue weighted by Gasteiger charge is 2.32. The number of nitrogens with zero attached hydrogens (tertiary/aromatic N) is 5. The Kier molecular flexibility index (Phi) is 2.45. The minimum absolute atomic E-state index is 0.491. The number of carboxylic acid groups (broad SMARTS) is 1. The summed E-state index contributed by atoms with van der Waals surface area (Å²) >= 11 is 0. The van der Waals surface area contributed by atoms with Crippen molar-refractivity contribution in [2.75, 3.05) is 0 Å². The fourth-order valence-corrected chi connectivity index (χ4v) is 1.48. The summed E-state index contributed by atoms with van der Waals surface area (Å²) in [7, 11) is 1.78. The standard InChI is InChI=1S/C10H13N5O2/c1-10(2,9(16)17)15-6-11-13-8(15)7-4-12-14(3)5-7/h4-6H,1-3H3,(H,16,17). The van der Waals surface area contributed by atoms with Crippen LogP contribution < -0.4 is 0 Å². The van der Waals surface area contributed by atoms with Crippen LogP contribution in [0.5, 0.6) is 0 Å². The number of aryl methyl sites for hydroxylation is 1. The molecule has 0 saturated heterocycles. The monoisotopic (exact) mass is 235 g/mol. The molecule has 90 valence electrons. The molecule has 0 saturated carbocycles. The SMILES string of the molecule is Cn1cc(-c2nncn2C(C)(C)C(=O)O)cn1. The summed E-state index contributed by atoms with van der Waals surface area (Å²) in [6, 6.07) is 0. The van der Waals surface area contributed by atoms with Crippen LogP contribution in [-0.2, 0) is 17.4 Å². The lowest BCUT2D eigenvalue weighted by Gasteiger charge is -2.22. The Balaban J connectivity index is 2.52. The molecule has 0 aromatic carbocycles. The molecule has 1 N–H and O–H groups in total. The van der Waals surface area contributed by atoms with Gasteiger partial charge in [0.05, 0.1) is 11.8 Å². The molecule has 0 unspecified atom stereocenters. The molecule has 0 bridgehead atoms. The molecule has 7 nitrogen and oxygen atoms in total. The number of aliphatic carboxylic acids is 1. The van der Waals surface area contributed by atoms with Gasteiger partial charge in [0, 0.05) is 13.2 Å². The Morgan fingerprint density at radius 1 is 1.47 bits per heavy atom. The van der Waals surface area contributed by atoms with Crippen molar-refractivity contribution in [1.29, 1.82) is 0 Å². The van der Waals surface area contributed by atoms with Gasteiger partial charge in [0.25, 0.3) is 0 Å². The highest BCUT2D eigenvalue weighted by Crippen LogP contribution is 2.23. The van der Waals surface area contributed by atoms with E-state index >= 15 is 0 Å². The highest BCUT2D eigenvalue weighted by molar-refractivity contribution is 5.76. The normalized spacial score (nSPS) is 11.7. The number of carbonyl (C=O) groups is 1. The number of rotatable bonds is 3. The second kappa shape index (κ2) is 3.69. The zero-order chi connectivity index (χ0) is 12.6. The number of carboxylic acids is 1. The van der Waals surface area contributed by atoms with Crippen molar-refractivity contribution in [1.82, 2.24) is 24.5 Å². The van der Waals surface area contributed by atoms with Gasteiger partial charge in [-0.2, -0.15) is 5.10 Å². The van der Waals surface area contributed by atoms with Crippen LogP contribution in [0.1, 0.15) is 13.8 Å². The molecule has 0 atom stereocenters. The van der Waals surface area contributed by atoms with Crippen LogP contribution in [-0.4, -0.2) is 35.6 Å². The summed E-state index contributed by atoms with van der Waals surface area (Å²) in [6.45, 7) is 3.19. The molecule has 0 fully saturated rings. The molecular weight excluding hydrogens is 222 g/mol. The van der Waals surface area contributed by atoms with E-state index in [2.05, 4.69) is 15.3 Å². The number of aromatic nitrogens is 5. The maximum atomic E-state index is 11.2. The van der Waals surface area contributed by atoms with Crippen LogP contribution >= 0.6 is 0 Å². The van der Waals surface area contributed by atoms with Gasteiger partial charge in [-0.3, -0.25) is 9.25 Å². The minimum Gasteiger partial charge on any atom is -0.480 e. The third kappa shape index (κ3) is 1.79. The van der Waals surface area contributed by atoms with Crippen LogP contribution in [0.25, 0.3) is 11.4 Å². The summed E-state index contributed by atoms with van der Waals surface area (Å²) in [5.41, 5.74) is -0.367. The topological polar surface area (TPSA) is 85.8 Å². The first-order valence-corrected chi connectivity index (χ1v) is 5.06. The first kappa shape index (κ1) is 11.3. The van der Waals surface area contributed by atoms with E-state index in [1.165, 1.54) is 10.9 Å². The van der Waals surface area contributed by atoms with Crippen LogP contribution in [0.3, 0.4) is 0 Å². The molecule has 0 amide bonds. The van der Waals surface area contributed by atoms with E-state index in [0.29, 0.717) is 5.82 Å². The molecule has 7 heteroatoms. The minimum atomic E-state index is -1.10. The second-order valence-corrected chi connectivity index (χ2v) is 4.29. The first-order valence-electron chi connectivity index (χ1n) is 5.06. The van der Waals surface area contributed by atoms with Gasteiger partial charge < -0.3 is 5.11 Å². The Bertz CT molecular complexity index is 555. The van der Waals surface area contributed by atoms with E-state index in [1.54, 1.807) is 38.0 Å². The van der Waals surface area contributed by atoms with E-state index in [1.807, 2.05) is 0 Å². The van der Waals surface area contributed by atoms with Gasteiger partial charge in [-0.25, -0.2) is 4.79 Å². The predicted molar refractivity (Wildman–Crippen MR) is 59.2 cm³/mol. The Hall–Kier alpha value is -2.18. The van der Waals surface area contributed by atoms with Crippen molar-refractivity contribution < 1.29 is 9.90 Å². The van der Waals surface area contributed by atoms with Crippen LogP contribution in [0.2, 0.25) is 0 Å². The van der Waals surface area contributed by atoms with Crippen molar-refractivity contribution in [2.24, 2.45) is 7.05 Å². The molecule has 2 aromatic heterocycles. The van der Waals surface area contributed by atoms with Gasteiger partial charge in [0.2, 0.25) is 0 Å². The predicted octanol–water partition coefficient (Wildman–Crippen LogP) is 0.498. The summed E-state index contributed by atoms with van der Waals surface area (Å²) in [4.78, 5) is 11.2. The summed E-state index contributed by atoms with van der Waals surface area (Å²) in [5, 5.41) is 20.9. The zero-order valence-electron chi connectivity index (χ0n) is 9.82. The molecule has 0 aliphatic rings. The molecule has 0 aliphatic heterocycles. The van der Waals surface area contributed by atoms with Crippen LogP contribution in [0.15, 0.2) is 18.7 Å². The quantitative estimate of drug-likeness (QED) is 0.837.